The first-order valence-corrected chi connectivity index (χ1v) is 10.6. The smallest absolute Gasteiger partial charge is 0.328 e. The molecule has 0 radical (unpaired) electrons. The summed E-state index contributed by atoms with van der Waals surface area (Å²) in [5, 5.41) is 15.6. The number of carboxylic acid groups (broad SMARTS) is 2. The van der Waals surface area contributed by atoms with Gasteiger partial charge in [0.2, 0.25) is 0 Å². The van der Waals surface area contributed by atoms with E-state index in [1.165, 1.54) is 0 Å². The van der Waals surface area contributed by atoms with Gasteiger partial charge in [-0.2, -0.15) is 0 Å². The molecule has 0 bridgehead atoms. The number of hydrogen-bond acceptors (Lipinski definition) is 6. The second-order valence-electron chi connectivity index (χ2n) is 7.65. The summed E-state index contributed by atoms with van der Waals surface area (Å²) in [4.78, 5) is 33.3. The fraction of sp³-hybridized carbons (Fsp3) is 0.154. The van der Waals surface area contributed by atoms with E-state index in [0.29, 0.717) is 12.2 Å². The van der Waals surface area contributed by atoms with Crippen molar-refractivity contribution in [1.29, 1.82) is 0 Å². The number of rotatable bonds is 6. The van der Waals surface area contributed by atoms with Crippen LogP contribution in [0.1, 0.15) is 11.1 Å². The van der Waals surface area contributed by atoms with E-state index in [1.807, 2.05) is 24.4 Å². The average Bonchev–Trinajstić information content (AvgIpc) is 2.97. The number of likely N-dealkylation sites (N-methyl/N-ethyl adjacent to an activating group) is 1. The van der Waals surface area contributed by atoms with E-state index in [9.17, 15) is 9.59 Å². The Morgan fingerprint density at radius 3 is 2.21 bits per heavy atom. The summed E-state index contributed by atoms with van der Waals surface area (Å²) < 4.78 is 0. The first-order valence-electron chi connectivity index (χ1n) is 10.6. The van der Waals surface area contributed by atoms with Crippen molar-refractivity contribution in [2.24, 2.45) is 4.99 Å². The highest BCUT2D eigenvalue weighted by atomic mass is 16.4. The molecule has 0 saturated carbocycles. The van der Waals surface area contributed by atoms with Crippen molar-refractivity contribution < 1.29 is 19.8 Å². The van der Waals surface area contributed by atoms with Crippen LogP contribution in [0.25, 0.3) is 0 Å². The molecule has 3 aromatic rings. The van der Waals surface area contributed by atoms with E-state index in [1.54, 1.807) is 0 Å². The highest BCUT2D eigenvalue weighted by molar-refractivity contribution is 6.18. The number of pyridine rings is 1. The number of aliphatic imine (C=N–C) groups is 1. The fourth-order valence-electron chi connectivity index (χ4n) is 3.37. The van der Waals surface area contributed by atoms with Gasteiger partial charge in [-0.15, -0.1) is 0 Å². The third-order valence-corrected chi connectivity index (χ3v) is 4.89. The molecule has 0 saturated heterocycles. The van der Waals surface area contributed by atoms with Crippen LogP contribution in [0, 0.1) is 0 Å². The van der Waals surface area contributed by atoms with E-state index >= 15 is 0 Å². The van der Waals surface area contributed by atoms with Crippen molar-refractivity contribution in [3.8, 4) is 0 Å². The summed E-state index contributed by atoms with van der Waals surface area (Å²) in [6, 6.07) is 22.8. The maximum Gasteiger partial charge on any atom is 0.328 e. The summed E-state index contributed by atoms with van der Waals surface area (Å²) in [6.07, 6.45) is 2.96. The van der Waals surface area contributed by atoms with Crippen LogP contribution in [0.2, 0.25) is 0 Å². The van der Waals surface area contributed by atoms with Gasteiger partial charge in [-0.3, -0.25) is 0 Å². The Hall–Kier alpha value is -4.30. The van der Waals surface area contributed by atoms with E-state index in [2.05, 4.69) is 77.4 Å². The van der Waals surface area contributed by atoms with Gasteiger partial charge in [-0.1, -0.05) is 48.5 Å². The van der Waals surface area contributed by atoms with Crippen LogP contribution in [0.15, 0.2) is 90.1 Å². The molecule has 0 atom stereocenters. The van der Waals surface area contributed by atoms with Gasteiger partial charge >= 0.3 is 11.9 Å². The van der Waals surface area contributed by atoms with Gasteiger partial charge in [0.15, 0.2) is 5.82 Å². The molecule has 2 N–H and O–H groups in total. The average molecular weight is 459 g/mol. The normalized spacial score (nSPS) is 12.2. The van der Waals surface area contributed by atoms with Crippen molar-refractivity contribution in [1.82, 2.24) is 9.88 Å². The number of anilines is 2. The maximum absolute atomic E-state index is 9.55. The molecule has 2 heterocycles. The zero-order valence-corrected chi connectivity index (χ0v) is 19.0. The summed E-state index contributed by atoms with van der Waals surface area (Å²) in [6.45, 7) is 1.79. The van der Waals surface area contributed by atoms with E-state index in [4.69, 9.17) is 15.2 Å². The second kappa shape index (κ2) is 11.5. The molecular weight excluding hydrogens is 432 g/mol. The molecule has 1 aliphatic rings. The number of para-hydroxylation sites is 1. The summed E-state index contributed by atoms with van der Waals surface area (Å²) in [5.74, 6) is -1.60. The number of aromatic nitrogens is 1. The number of benzene rings is 2. The molecular formula is C26H26N4O4. The summed E-state index contributed by atoms with van der Waals surface area (Å²) in [5.41, 5.74) is 5.29. The molecule has 4 rings (SSSR count). The van der Waals surface area contributed by atoms with E-state index in [0.717, 1.165) is 47.1 Å². The quantitative estimate of drug-likeness (QED) is 0.538. The Morgan fingerprint density at radius 1 is 0.912 bits per heavy atom. The van der Waals surface area contributed by atoms with Gasteiger partial charge in [0.25, 0.3) is 0 Å². The highest BCUT2D eigenvalue weighted by Gasteiger charge is 2.24. The molecule has 8 nitrogen and oxygen atoms in total. The van der Waals surface area contributed by atoms with Gasteiger partial charge in [0, 0.05) is 42.6 Å². The Bertz CT molecular complexity index is 1190. The number of carbonyl (C=O) groups is 2. The SMILES string of the molecule is CN(C)CCN1c2ccccc2C(c2ccccc2)=Nc2cccnc21.O=C(O)C=CC(=O)O. The Balaban J connectivity index is 0.000000350. The van der Waals surface area contributed by atoms with Crippen molar-refractivity contribution in [3.63, 3.8) is 0 Å². The van der Waals surface area contributed by atoms with Crippen LogP contribution < -0.4 is 4.90 Å². The summed E-state index contributed by atoms with van der Waals surface area (Å²) in [7, 11) is 4.18. The largest absolute Gasteiger partial charge is 0.478 e. The molecule has 8 heteroatoms. The van der Waals surface area contributed by atoms with Crippen LogP contribution in [-0.2, 0) is 9.59 Å². The van der Waals surface area contributed by atoms with Gasteiger partial charge in [0.1, 0.15) is 5.69 Å². The van der Waals surface area contributed by atoms with Crippen molar-refractivity contribution in [2.45, 2.75) is 0 Å². The lowest BCUT2D eigenvalue weighted by atomic mass is 10.0. The van der Waals surface area contributed by atoms with Crippen molar-refractivity contribution >= 4 is 34.8 Å². The lowest BCUT2D eigenvalue weighted by Gasteiger charge is -2.26. The molecule has 0 amide bonds. The van der Waals surface area contributed by atoms with Crippen LogP contribution in [0.5, 0.6) is 0 Å². The third kappa shape index (κ3) is 6.36. The van der Waals surface area contributed by atoms with Gasteiger partial charge in [-0.05, 0) is 32.3 Å². The number of fused-ring (bicyclic) bond motifs is 2. The number of nitrogens with zero attached hydrogens (tertiary/aromatic N) is 4. The molecule has 0 spiro atoms. The first-order chi connectivity index (χ1) is 16.4. The van der Waals surface area contributed by atoms with Crippen LogP contribution in [-0.4, -0.2) is 64.9 Å². The van der Waals surface area contributed by atoms with Gasteiger partial charge < -0.3 is 20.0 Å². The van der Waals surface area contributed by atoms with E-state index < -0.39 is 11.9 Å². The molecule has 34 heavy (non-hydrogen) atoms. The van der Waals surface area contributed by atoms with Crippen molar-refractivity contribution in [3.05, 3.63) is 96.2 Å². The Kier molecular flexibility index (Phi) is 8.26. The third-order valence-electron chi connectivity index (χ3n) is 4.89. The number of carboxylic acids is 2. The number of aliphatic carboxylic acids is 2. The molecule has 0 unspecified atom stereocenters. The summed E-state index contributed by atoms with van der Waals surface area (Å²) >= 11 is 0. The molecule has 174 valence electrons. The highest BCUT2D eigenvalue weighted by Crippen LogP contribution is 2.38. The van der Waals surface area contributed by atoms with E-state index in [-0.39, 0.29) is 0 Å². The molecule has 1 aromatic heterocycles. The van der Waals surface area contributed by atoms with Gasteiger partial charge in [0.05, 0.1) is 11.4 Å². The van der Waals surface area contributed by atoms with Gasteiger partial charge in [-0.25, -0.2) is 19.6 Å². The number of hydrogen-bond donors (Lipinski definition) is 2. The predicted molar refractivity (Wildman–Crippen MR) is 132 cm³/mol. The zero-order valence-electron chi connectivity index (χ0n) is 19.0. The van der Waals surface area contributed by atoms with Crippen LogP contribution in [0.4, 0.5) is 17.2 Å². The first kappa shape index (κ1) is 24.3. The zero-order chi connectivity index (χ0) is 24.5. The predicted octanol–water partition coefficient (Wildman–Crippen LogP) is 3.98. The fourth-order valence-corrected chi connectivity index (χ4v) is 3.37. The standard InChI is InChI=1S/C22H22N4.C4H4O4/c1-25(2)15-16-26-20-13-7-6-11-18(20)21(17-9-4-3-5-10-17)24-19-12-8-14-23-22(19)26;5-3(6)1-2-4(7)8/h3-14H,15-16H2,1-2H3;1-2H,(H,5,6)(H,7,8). The minimum Gasteiger partial charge on any atom is -0.478 e. The minimum absolute atomic E-state index is 0.558. The molecule has 1 aliphatic heterocycles. The maximum atomic E-state index is 9.55. The molecule has 0 fully saturated rings. The monoisotopic (exact) mass is 458 g/mol. The molecule has 0 aliphatic carbocycles. The lowest BCUT2D eigenvalue weighted by Crippen LogP contribution is -2.29. The Morgan fingerprint density at radius 2 is 1.56 bits per heavy atom. The second-order valence-corrected chi connectivity index (χ2v) is 7.65. The lowest BCUT2D eigenvalue weighted by molar-refractivity contribution is -0.134. The van der Waals surface area contributed by atoms with Crippen molar-refractivity contribution in [2.75, 3.05) is 32.1 Å². The Labute approximate surface area is 198 Å². The minimum atomic E-state index is -1.26. The molecule has 2 aromatic carbocycles. The van der Waals surface area contributed by atoms with Crippen LogP contribution >= 0.6 is 0 Å². The topological polar surface area (TPSA) is 106 Å². The van der Waals surface area contributed by atoms with Crippen LogP contribution in [0.3, 0.4) is 0 Å².